The van der Waals surface area contributed by atoms with Crippen LogP contribution in [-0.2, 0) is 17.6 Å². The van der Waals surface area contributed by atoms with E-state index in [-0.39, 0.29) is 30.0 Å². The lowest BCUT2D eigenvalue weighted by atomic mass is 10.1. The van der Waals surface area contributed by atoms with Crippen LogP contribution in [0.1, 0.15) is 31.0 Å². The summed E-state index contributed by atoms with van der Waals surface area (Å²) in [6.45, 7) is 3.22. The molecule has 0 atom stereocenters. The molecule has 3 aromatic rings. The van der Waals surface area contributed by atoms with Gasteiger partial charge < -0.3 is 15.0 Å². The summed E-state index contributed by atoms with van der Waals surface area (Å²) in [4.78, 5) is 27.2. The highest BCUT2D eigenvalue weighted by Gasteiger charge is 2.10. The van der Waals surface area contributed by atoms with Crippen molar-refractivity contribution >= 4 is 5.91 Å². The van der Waals surface area contributed by atoms with E-state index in [1.54, 1.807) is 0 Å². The van der Waals surface area contributed by atoms with Gasteiger partial charge in [-0.15, -0.1) is 10.2 Å². The minimum atomic E-state index is -0.336. The molecule has 0 unspecified atom stereocenters. The Kier molecular flexibility index (Phi) is 7.71. The molecule has 1 amide bonds. The van der Waals surface area contributed by atoms with Gasteiger partial charge in [0.1, 0.15) is 11.4 Å². The number of amides is 1. The number of carbonyl (C=O) groups is 1. The Balaban J connectivity index is 1.53. The van der Waals surface area contributed by atoms with E-state index in [1.807, 2.05) is 61.5 Å². The maximum atomic E-state index is 12.4. The molecule has 0 radical (unpaired) electrons. The number of hydrogen-bond acceptors (Lipinski definition) is 5. The van der Waals surface area contributed by atoms with Crippen LogP contribution in [0, 0.1) is 0 Å². The Morgan fingerprint density at radius 1 is 1.07 bits per heavy atom. The number of H-pyrrole nitrogens is 1. The van der Waals surface area contributed by atoms with Crippen LogP contribution < -0.4 is 15.6 Å². The number of nitrogens with one attached hydrogen (secondary N) is 2. The quantitative estimate of drug-likeness (QED) is 0.540. The van der Waals surface area contributed by atoms with Crippen LogP contribution in [0.5, 0.6) is 5.75 Å². The average Bonchev–Trinajstić information content (AvgIpc) is 2.78. The number of nitrogens with zero attached hydrogens (tertiary/aromatic N) is 2. The van der Waals surface area contributed by atoms with Crippen LogP contribution in [0.15, 0.2) is 59.4 Å². The van der Waals surface area contributed by atoms with Gasteiger partial charge in [0, 0.05) is 24.9 Å². The van der Waals surface area contributed by atoms with Gasteiger partial charge in [0.2, 0.25) is 5.91 Å². The zero-order valence-electron chi connectivity index (χ0n) is 17.1. The molecule has 0 bridgehead atoms. The number of aryl methyl sites for hydroxylation is 1. The molecule has 1 aromatic heterocycles. The van der Waals surface area contributed by atoms with Crippen molar-refractivity contribution in [3.05, 3.63) is 76.2 Å². The normalized spacial score (nSPS) is 10.6. The highest BCUT2D eigenvalue weighted by atomic mass is 16.5. The minimum absolute atomic E-state index is 0.114. The third kappa shape index (κ3) is 6.27. The number of rotatable bonds is 10. The molecule has 0 aliphatic carbocycles. The topological polar surface area (TPSA) is 97.0 Å². The first-order valence-corrected chi connectivity index (χ1v) is 10.2. The molecule has 0 spiro atoms. The summed E-state index contributed by atoms with van der Waals surface area (Å²) in [5.41, 5.74) is 1.80. The van der Waals surface area contributed by atoms with E-state index in [0.717, 1.165) is 18.4 Å². The number of aromatic nitrogens is 3. The molecule has 0 aliphatic rings. The van der Waals surface area contributed by atoms with Gasteiger partial charge in [-0.2, -0.15) is 0 Å². The molecular weight excluding hydrogens is 380 g/mol. The molecule has 3 rings (SSSR count). The summed E-state index contributed by atoms with van der Waals surface area (Å²) in [6, 6.07) is 17.3. The van der Waals surface area contributed by atoms with Gasteiger partial charge in [0.25, 0.3) is 5.56 Å². The molecule has 156 valence electrons. The zero-order valence-corrected chi connectivity index (χ0v) is 17.1. The Morgan fingerprint density at radius 3 is 2.67 bits per heavy atom. The van der Waals surface area contributed by atoms with Gasteiger partial charge in [-0.3, -0.25) is 9.59 Å². The zero-order chi connectivity index (χ0) is 21.2. The molecule has 2 aromatic carbocycles. The van der Waals surface area contributed by atoms with E-state index in [1.165, 1.54) is 5.56 Å². The molecule has 2 N–H and O–H groups in total. The number of hydrogen-bond donors (Lipinski definition) is 2. The molecule has 0 fully saturated rings. The Labute approximate surface area is 175 Å². The number of aromatic amines is 1. The summed E-state index contributed by atoms with van der Waals surface area (Å²) >= 11 is 0. The average molecular weight is 406 g/mol. The first kappa shape index (κ1) is 21.2. The first-order valence-electron chi connectivity index (χ1n) is 10.2. The van der Waals surface area contributed by atoms with Crippen molar-refractivity contribution in [1.29, 1.82) is 0 Å². The number of benzene rings is 2. The van der Waals surface area contributed by atoms with Crippen LogP contribution in [0.4, 0.5) is 0 Å². The van der Waals surface area contributed by atoms with Crippen molar-refractivity contribution in [2.45, 2.75) is 32.6 Å². The lowest BCUT2D eigenvalue weighted by Gasteiger charge is -2.07. The standard InChI is InChI=1S/C23H26N4O3/c1-2-15-30-19-10-6-9-18(16-19)22-25-23(29)20(26-27-22)11-12-21(28)24-14-13-17-7-4-3-5-8-17/h3-10,16H,2,11-15H2,1H3,(H,24,28)(H,25,27,29). The Morgan fingerprint density at radius 2 is 1.90 bits per heavy atom. The van der Waals surface area contributed by atoms with Gasteiger partial charge in [-0.05, 0) is 30.5 Å². The molecular formula is C23H26N4O3. The van der Waals surface area contributed by atoms with Crippen molar-refractivity contribution in [1.82, 2.24) is 20.5 Å². The van der Waals surface area contributed by atoms with E-state index < -0.39 is 0 Å². The van der Waals surface area contributed by atoms with Crippen LogP contribution in [0.25, 0.3) is 11.4 Å². The summed E-state index contributed by atoms with van der Waals surface area (Å²) < 4.78 is 5.61. The fourth-order valence-electron chi connectivity index (χ4n) is 2.92. The second-order valence-electron chi connectivity index (χ2n) is 6.91. The van der Waals surface area contributed by atoms with Crippen LogP contribution in [0.3, 0.4) is 0 Å². The molecule has 1 heterocycles. The third-order valence-electron chi connectivity index (χ3n) is 4.51. The maximum absolute atomic E-state index is 12.4. The smallest absolute Gasteiger partial charge is 0.273 e. The first-order chi connectivity index (χ1) is 14.7. The Hall–Kier alpha value is -3.48. The third-order valence-corrected chi connectivity index (χ3v) is 4.51. The summed E-state index contributed by atoms with van der Waals surface area (Å²) in [6.07, 6.45) is 2.10. The largest absolute Gasteiger partial charge is 0.494 e. The summed E-state index contributed by atoms with van der Waals surface area (Å²) in [7, 11) is 0. The van der Waals surface area contributed by atoms with E-state index in [2.05, 4.69) is 20.5 Å². The maximum Gasteiger partial charge on any atom is 0.273 e. The lowest BCUT2D eigenvalue weighted by Crippen LogP contribution is -2.27. The van der Waals surface area contributed by atoms with Crippen molar-refractivity contribution in [3.8, 4) is 17.1 Å². The molecule has 0 aliphatic heterocycles. The van der Waals surface area contributed by atoms with E-state index in [9.17, 15) is 9.59 Å². The van der Waals surface area contributed by atoms with Crippen LogP contribution in [0.2, 0.25) is 0 Å². The summed E-state index contributed by atoms with van der Waals surface area (Å²) in [5.74, 6) is 0.975. The second kappa shape index (κ2) is 10.9. The molecule has 7 nitrogen and oxygen atoms in total. The minimum Gasteiger partial charge on any atom is -0.494 e. The predicted molar refractivity (Wildman–Crippen MR) is 115 cm³/mol. The van der Waals surface area contributed by atoms with E-state index in [4.69, 9.17) is 4.74 Å². The number of carbonyl (C=O) groups excluding carboxylic acids is 1. The van der Waals surface area contributed by atoms with Gasteiger partial charge in [-0.25, -0.2) is 0 Å². The highest BCUT2D eigenvalue weighted by Crippen LogP contribution is 2.20. The van der Waals surface area contributed by atoms with Crippen LogP contribution in [-0.4, -0.2) is 34.2 Å². The molecule has 7 heteroatoms. The predicted octanol–water partition coefficient (Wildman–Crippen LogP) is 2.91. The fraction of sp³-hybridized carbons (Fsp3) is 0.304. The molecule has 30 heavy (non-hydrogen) atoms. The highest BCUT2D eigenvalue weighted by molar-refractivity contribution is 5.76. The SMILES string of the molecule is CCCOc1cccc(-c2nnc(CCC(=O)NCCc3ccccc3)c(=O)[nH]2)c1. The Bertz CT molecular complexity index is 1020. The second-order valence-corrected chi connectivity index (χ2v) is 6.91. The van der Waals surface area contributed by atoms with E-state index in [0.29, 0.717) is 24.7 Å². The van der Waals surface area contributed by atoms with Crippen LogP contribution >= 0.6 is 0 Å². The van der Waals surface area contributed by atoms with Gasteiger partial charge in [-0.1, -0.05) is 49.4 Å². The molecule has 0 saturated carbocycles. The van der Waals surface area contributed by atoms with Crippen molar-refractivity contribution in [3.63, 3.8) is 0 Å². The van der Waals surface area contributed by atoms with Crippen molar-refractivity contribution in [2.24, 2.45) is 0 Å². The lowest BCUT2D eigenvalue weighted by molar-refractivity contribution is -0.121. The van der Waals surface area contributed by atoms with Crippen molar-refractivity contribution in [2.75, 3.05) is 13.2 Å². The van der Waals surface area contributed by atoms with E-state index >= 15 is 0 Å². The summed E-state index contributed by atoms with van der Waals surface area (Å²) in [5, 5.41) is 11.0. The van der Waals surface area contributed by atoms with Gasteiger partial charge >= 0.3 is 0 Å². The molecule has 0 saturated heterocycles. The van der Waals surface area contributed by atoms with Gasteiger partial charge in [0.05, 0.1) is 6.61 Å². The monoisotopic (exact) mass is 406 g/mol. The van der Waals surface area contributed by atoms with Crippen molar-refractivity contribution < 1.29 is 9.53 Å². The number of ether oxygens (including phenoxy) is 1. The fourth-order valence-corrected chi connectivity index (χ4v) is 2.92. The van der Waals surface area contributed by atoms with Gasteiger partial charge in [0.15, 0.2) is 5.82 Å².